The number of hydrogen-bond acceptors (Lipinski definition) is 2. The molecule has 1 aromatic rings. The van der Waals surface area contributed by atoms with Gasteiger partial charge in [-0.05, 0) is 31.0 Å². The van der Waals surface area contributed by atoms with Crippen molar-refractivity contribution in [2.75, 3.05) is 0 Å². The Kier molecular flexibility index (Phi) is 2.94. The molecule has 1 aliphatic rings. The number of rotatable bonds is 3. The maximum Gasteiger partial charge on any atom is 0.242 e. The molecule has 1 aromatic carbocycles. The highest BCUT2D eigenvalue weighted by atomic mass is 35.5. The number of nitrogens with one attached hydrogen (secondary N) is 1. The van der Waals surface area contributed by atoms with E-state index in [2.05, 4.69) is 4.72 Å². The second-order valence-corrected chi connectivity index (χ2v) is 6.00. The summed E-state index contributed by atoms with van der Waals surface area (Å²) in [5.41, 5.74) is 0. The van der Waals surface area contributed by atoms with Crippen LogP contribution >= 0.6 is 23.2 Å². The van der Waals surface area contributed by atoms with E-state index in [1.807, 2.05) is 0 Å². The van der Waals surface area contributed by atoms with Crippen molar-refractivity contribution in [2.45, 2.75) is 23.8 Å². The molecule has 0 unspecified atom stereocenters. The Morgan fingerprint density at radius 3 is 2.53 bits per heavy atom. The van der Waals surface area contributed by atoms with Crippen LogP contribution in [0.4, 0.5) is 0 Å². The lowest BCUT2D eigenvalue weighted by Crippen LogP contribution is -2.25. The summed E-state index contributed by atoms with van der Waals surface area (Å²) in [5.74, 6) is 0. The molecule has 1 saturated carbocycles. The van der Waals surface area contributed by atoms with E-state index in [0.717, 1.165) is 12.8 Å². The Morgan fingerprint density at radius 1 is 1.27 bits per heavy atom. The zero-order valence-corrected chi connectivity index (χ0v) is 10.0. The molecule has 0 aromatic heterocycles. The Morgan fingerprint density at radius 2 is 1.93 bits per heavy atom. The number of benzene rings is 1. The highest BCUT2D eigenvalue weighted by molar-refractivity contribution is 7.89. The van der Waals surface area contributed by atoms with Crippen molar-refractivity contribution in [2.24, 2.45) is 0 Å². The van der Waals surface area contributed by atoms with Gasteiger partial charge in [0.2, 0.25) is 10.0 Å². The summed E-state index contributed by atoms with van der Waals surface area (Å²) in [6, 6.07) is 4.45. The van der Waals surface area contributed by atoms with Crippen molar-refractivity contribution in [3.63, 3.8) is 0 Å². The van der Waals surface area contributed by atoms with Crippen molar-refractivity contribution >= 4 is 33.2 Å². The minimum absolute atomic E-state index is 0.0450. The quantitative estimate of drug-likeness (QED) is 0.913. The van der Waals surface area contributed by atoms with E-state index >= 15 is 0 Å². The van der Waals surface area contributed by atoms with E-state index in [0.29, 0.717) is 5.02 Å². The SMILES string of the molecule is O=S(=O)(NC1CC1)c1cc(Cl)ccc1Cl. The van der Waals surface area contributed by atoms with Crippen LogP contribution in [-0.2, 0) is 10.0 Å². The van der Waals surface area contributed by atoms with Gasteiger partial charge < -0.3 is 0 Å². The molecule has 0 heterocycles. The number of sulfonamides is 1. The number of halogens is 2. The first-order chi connectivity index (χ1) is 6.99. The van der Waals surface area contributed by atoms with E-state index in [1.54, 1.807) is 6.07 Å². The van der Waals surface area contributed by atoms with Gasteiger partial charge in [0.05, 0.1) is 5.02 Å². The lowest BCUT2D eigenvalue weighted by Gasteiger charge is -2.07. The predicted molar refractivity (Wildman–Crippen MR) is 59.8 cm³/mol. The molecular weight excluding hydrogens is 257 g/mol. The first-order valence-electron chi connectivity index (χ1n) is 4.46. The van der Waals surface area contributed by atoms with Gasteiger partial charge in [-0.25, -0.2) is 13.1 Å². The standard InChI is InChI=1S/C9H9Cl2NO2S/c10-6-1-4-8(11)9(5-6)15(13,14)12-7-2-3-7/h1,4-5,7,12H,2-3H2. The molecule has 1 N–H and O–H groups in total. The van der Waals surface area contributed by atoms with Crippen LogP contribution in [-0.4, -0.2) is 14.5 Å². The topological polar surface area (TPSA) is 46.2 Å². The third kappa shape index (κ3) is 2.64. The van der Waals surface area contributed by atoms with Gasteiger partial charge in [-0.3, -0.25) is 0 Å². The van der Waals surface area contributed by atoms with E-state index < -0.39 is 10.0 Å². The highest BCUT2D eigenvalue weighted by Crippen LogP contribution is 2.27. The second kappa shape index (κ2) is 3.94. The van der Waals surface area contributed by atoms with Crippen LogP contribution in [0.2, 0.25) is 10.0 Å². The first-order valence-corrected chi connectivity index (χ1v) is 6.70. The van der Waals surface area contributed by atoms with Crippen LogP contribution in [0, 0.1) is 0 Å². The monoisotopic (exact) mass is 265 g/mol. The Balaban J connectivity index is 2.38. The Bertz CT molecular complexity index is 483. The average Bonchev–Trinajstić information content (AvgIpc) is 2.92. The molecule has 1 aliphatic carbocycles. The summed E-state index contributed by atoms with van der Waals surface area (Å²) in [6.45, 7) is 0. The van der Waals surface area contributed by atoms with Crippen LogP contribution in [0.1, 0.15) is 12.8 Å². The molecule has 15 heavy (non-hydrogen) atoms. The summed E-state index contributed by atoms with van der Waals surface area (Å²) < 4.78 is 26.1. The molecule has 6 heteroatoms. The molecule has 0 amide bonds. The fraction of sp³-hybridized carbons (Fsp3) is 0.333. The van der Waals surface area contributed by atoms with Crippen molar-refractivity contribution in [3.05, 3.63) is 28.2 Å². The van der Waals surface area contributed by atoms with Crippen molar-refractivity contribution in [3.8, 4) is 0 Å². The molecular formula is C9H9Cl2NO2S. The normalized spacial score (nSPS) is 16.7. The van der Waals surface area contributed by atoms with Crippen molar-refractivity contribution in [1.29, 1.82) is 0 Å². The van der Waals surface area contributed by atoms with Crippen LogP contribution in [0.15, 0.2) is 23.1 Å². The fourth-order valence-corrected chi connectivity index (χ4v) is 3.23. The smallest absolute Gasteiger partial charge is 0.208 e. The zero-order chi connectivity index (χ0) is 11.1. The van der Waals surface area contributed by atoms with E-state index in [-0.39, 0.29) is 16.0 Å². The molecule has 0 saturated heterocycles. The number of hydrogen-bond donors (Lipinski definition) is 1. The summed E-state index contributed by atoms with van der Waals surface area (Å²) >= 11 is 11.5. The van der Waals surface area contributed by atoms with Gasteiger partial charge in [0.25, 0.3) is 0 Å². The summed E-state index contributed by atoms with van der Waals surface area (Å²) in [7, 11) is -3.52. The maximum atomic E-state index is 11.8. The molecule has 3 nitrogen and oxygen atoms in total. The van der Waals surface area contributed by atoms with Crippen LogP contribution < -0.4 is 4.72 Å². The largest absolute Gasteiger partial charge is 0.242 e. The lowest BCUT2D eigenvalue weighted by molar-refractivity contribution is 0.581. The minimum Gasteiger partial charge on any atom is -0.208 e. The lowest BCUT2D eigenvalue weighted by atomic mass is 10.4. The molecule has 0 atom stereocenters. The molecule has 0 aliphatic heterocycles. The van der Waals surface area contributed by atoms with Gasteiger partial charge in [0.15, 0.2) is 0 Å². The van der Waals surface area contributed by atoms with Crippen LogP contribution in [0.25, 0.3) is 0 Å². The van der Waals surface area contributed by atoms with Crippen LogP contribution in [0.5, 0.6) is 0 Å². The van der Waals surface area contributed by atoms with Gasteiger partial charge in [-0.15, -0.1) is 0 Å². The zero-order valence-electron chi connectivity index (χ0n) is 7.70. The van der Waals surface area contributed by atoms with Gasteiger partial charge in [0.1, 0.15) is 4.90 Å². The average molecular weight is 266 g/mol. The minimum atomic E-state index is -3.52. The van der Waals surface area contributed by atoms with Crippen molar-refractivity contribution in [1.82, 2.24) is 4.72 Å². The predicted octanol–water partition coefficient (Wildman–Crippen LogP) is 2.43. The summed E-state index contributed by atoms with van der Waals surface area (Å²) in [5, 5.41) is 0.545. The molecule has 0 spiro atoms. The van der Waals surface area contributed by atoms with Crippen molar-refractivity contribution < 1.29 is 8.42 Å². The van der Waals surface area contributed by atoms with Gasteiger partial charge in [-0.2, -0.15) is 0 Å². The van der Waals surface area contributed by atoms with E-state index in [9.17, 15) is 8.42 Å². The third-order valence-corrected chi connectivity index (χ3v) is 4.32. The Labute approximate surface area is 98.4 Å². The maximum absolute atomic E-state index is 11.8. The third-order valence-electron chi connectivity index (χ3n) is 2.08. The van der Waals surface area contributed by atoms with Gasteiger partial charge in [0, 0.05) is 11.1 Å². The first kappa shape index (κ1) is 11.2. The molecule has 2 rings (SSSR count). The van der Waals surface area contributed by atoms with E-state index in [4.69, 9.17) is 23.2 Å². The van der Waals surface area contributed by atoms with Crippen LogP contribution in [0.3, 0.4) is 0 Å². The summed E-state index contributed by atoms with van der Waals surface area (Å²) in [6.07, 6.45) is 1.77. The van der Waals surface area contributed by atoms with Gasteiger partial charge in [-0.1, -0.05) is 23.2 Å². The Hall–Kier alpha value is -0.290. The molecule has 82 valence electrons. The molecule has 0 bridgehead atoms. The molecule has 1 fully saturated rings. The second-order valence-electron chi connectivity index (χ2n) is 3.47. The summed E-state index contributed by atoms with van der Waals surface area (Å²) in [4.78, 5) is 0.0450. The fourth-order valence-electron chi connectivity index (χ4n) is 1.17. The van der Waals surface area contributed by atoms with Gasteiger partial charge >= 0.3 is 0 Å². The molecule has 0 radical (unpaired) electrons. The van der Waals surface area contributed by atoms with E-state index in [1.165, 1.54) is 12.1 Å². The highest BCUT2D eigenvalue weighted by Gasteiger charge is 2.29.